The van der Waals surface area contributed by atoms with Crippen LogP contribution in [0, 0.1) is 0 Å². The molecule has 0 saturated carbocycles. The van der Waals surface area contributed by atoms with Gasteiger partial charge >= 0.3 is 6.09 Å². The molecule has 8 nitrogen and oxygen atoms in total. The topological polar surface area (TPSA) is 83.8 Å². The lowest BCUT2D eigenvalue weighted by molar-refractivity contribution is 0.0963. The Morgan fingerprint density at radius 1 is 1.21 bits per heavy atom. The minimum absolute atomic E-state index is 0. The molecular formula is C20H37IN6O2. The van der Waals surface area contributed by atoms with Crippen LogP contribution in [0.4, 0.5) is 4.79 Å². The molecule has 2 heterocycles. The molecule has 0 spiro atoms. The molecule has 166 valence electrons. The summed E-state index contributed by atoms with van der Waals surface area (Å²) in [6.07, 6.45) is 3.42. The predicted octanol–water partition coefficient (Wildman–Crippen LogP) is 2.84. The number of likely N-dealkylation sites (tertiary alicyclic amines) is 1. The van der Waals surface area contributed by atoms with E-state index in [9.17, 15) is 4.79 Å². The number of aliphatic imine (C=N–C) groups is 1. The maximum atomic E-state index is 11.9. The number of guanidine groups is 1. The lowest BCUT2D eigenvalue weighted by Crippen LogP contribution is -2.49. The van der Waals surface area contributed by atoms with Gasteiger partial charge in [-0.15, -0.1) is 24.0 Å². The molecule has 29 heavy (non-hydrogen) atoms. The summed E-state index contributed by atoms with van der Waals surface area (Å²) >= 11 is 0. The van der Waals surface area contributed by atoms with E-state index in [0.29, 0.717) is 32.3 Å². The monoisotopic (exact) mass is 520 g/mol. The van der Waals surface area contributed by atoms with Crippen molar-refractivity contribution in [3.05, 3.63) is 17.0 Å². The van der Waals surface area contributed by atoms with Crippen molar-refractivity contribution < 1.29 is 9.53 Å². The van der Waals surface area contributed by atoms with E-state index in [-0.39, 0.29) is 30.1 Å². The van der Waals surface area contributed by atoms with Crippen LogP contribution in [0.5, 0.6) is 0 Å². The number of hydrogen-bond acceptors (Lipinski definition) is 4. The summed E-state index contributed by atoms with van der Waals surface area (Å²) in [7, 11) is 2.01. The Balaban J connectivity index is 0.00000420. The Kier molecular flexibility index (Phi) is 11.4. The van der Waals surface area contributed by atoms with Crippen LogP contribution in [0.2, 0.25) is 0 Å². The Bertz CT molecular complexity index is 668. The number of carbonyl (C=O) groups excluding carboxylic acids is 1. The van der Waals surface area contributed by atoms with Crippen molar-refractivity contribution in [3.63, 3.8) is 0 Å². The Morgan fingerprint density at radius 2 is 1.90 bits per heavy atom. The number of halogens is 1. The average Bonchev–Trinajstić information content (AvgIpc) is 3.01. The van der Waals surface area contributed by atoms with Crippen molar-refractivity contribution in [1.29, 1.82) is 0 Å². The molecule has 0 aromatic carbocycles. The molecular weight excluding hydrogens is 483 g/mol. The number of aryl methyl sites for hydroxylation is 2. The van der Waals surface area contributed by atoms with Crippen LogP contribution in [0.25, 0.3) is 0 Å². The SMILES string of the molecule is CCNC(=NCc1c(CC)nn(C)c1CC)NC1CCN(C(=O)OCC)CC1.I. The Hall–Kier alpha value is -1.52. The Morgan fingerprint density at radius 3 is 2.45 bits per heavy atom. The van der Waals surface area contributed by atoms with E-state index in [2.05, 4.69) is 36.5 Å². The highest BCUT2D eigenvalue weighted by molar-refractivity contribution is 14.0. The molecule has 1 aromatic heterocycles. The molecule has 1 saturated heterocycles. The third kappa shape index (κ3) is 7.04. The molecule has 2 N–H and O–H groups in total. The number of carbonyl (C=O) groups is 1. The summed E-state index contributed by atoms with van der Waals surface area (Å²) < 4.78 is 7.07. The predicted molar refractivity (Wildman–Crippen MR) is 127 cm³/mol. The minimum atomic E-state index is -0.211. The molecule has 0 aliphatic carbocycles. The summed E-state index contributed by atoms with van der Waals surface area (Å²) in [5, 5.41) is 11.5. The lowest BCUT2D eigenvalue weighted by atomic mass is 10.1. The first kappa shape index (κ1) is 25.5. The van der Waals surface area contributed by atoms with Crippen molar-refractivity contribution in [2.75, 3.05) is 26.2 Å². The first-order valence-electron chi connectivity index (χ1n) is 10.5. The van der Waals surface area contributed by atoms with E-state index < -0.39 is 0 Å². The fourth-order valence-electron chi connectivity index (χ4n) is 3.67. The zero-order valence-corrected chi connectivity index (χ0v) is 20.8. The van der Waals surface area contributed by atoms with Gasteiger partial charge in [-0.05, 0) is 39.5 Å². The van der Waals surface area contributed by atoms with Gasteiger partial charge in [0.15, 0.2) is 5.96 Å². The number of nitrogens with one attached hydrogen (secondary N) is 2. The van der Waals surface area contributed by atoms with Gasteiger partial charge in [0.1, 0.15) is 0 Å². The molecule has 1 aliphatic heterocycles. The molecule has 0 bridgehead atoms. The first-order valence-corrected chi connectivity index (χ1v) is 10.5. The number of rotatable bonds is 7. The molecule has 1 aromatic rings. The molecule has 1 amide bonds. The highest BCUT2D eigenvalue weighted by Crippen LogP contribution is 2.17. The minimum Gasteiger partial charge on any atom is -0.450 e. The fourth-order valence-corrected chi connectivity index (χ4v) is 3.67. The van der Waals surface area contributed by atoms with Crippen LogP contribution in [0.3, 0.4) is 0 Å². The number of nitrogens with zero attached hydrogens (tertiary/aromatic N) is 4. The van der Waals surface area contributed by atoms with Crippen LogP contribution in [0.1, 0.15) is 57.5 Å². The molecule has 0 unspecified atom stereocenters. The van der Waals surface area contributed by atoms with Crippen LogP contribution >= 0.6 is 24.0 Å². The third-order valence-corrected chi connectivity index (χ3v) is 5.13. The second kappa shape index (κ2) is 12.9. The molecule has 0 radical (unpaired) electrons. The van der Waals surface area contributed by atoms with Crippen LogP contribution < -0.4 is 10.6 Å². The quantitative estimate of drug-likeness (QED) is 0.328. The highest BCUT2D eigenvalue weighted by Gasteiger charge is 2.24. The van der Waals surface area contributed by atoms with Crippen molar-refractivity contribution in [3.8, 4) is 0 Å². The van der Waals surface area contributed by atoms with Gasteiger partial charge in [-0.1, -0.05) is 13.8 Å². The average molecular weight is 520 g/mol. The maximum Gasteiger partial charge on any atom is 0.409 e. The van der Waals surface area contributed by atoms with Gasteiger partial charge in [-0.25, -0.2) is 9.79 Å². The van der Waals surface area contributed by atoms with Crippen LogP contribution in [-0.4, -0.2) is 59.0 Å². The van der Waals surface area contributed by atoms with Gasteiger partial charge in [0.05, 0.1) is 18.8 Å². The van der Waals surface area contributed by atoms with Gasteiger partial charge in [-0.2, -0.15) is 5.10 Å². The van der Waals surface area contributed by atoms with Crippen LogP contribution in [-0.2, 0) is 31.2 Å². The normalized spacial score (nSPS) is 15.1. The molecule has 1 aliphatic rings. The molecule has 0 atom stereocenters. The van der Waals surface area contributed by atoms with Gasteiger partial charge in [-0.3, -0.25) is 4.68 Å². The second-order valence-electron chi connectivity index (χ2n) is 7.00. The summed E-state index contributed by atoms with van der Waals surface area (Å²) in [4.78, 5) is 18.5. The van der Waals surface area contributed by atoms with Crippen LogP contribution in [0.15, 0.2) is 4.99 Å². The molecule has 2 rings (SSSR count). The van der Waals surface area contributed by atoms with Crippen molar-refractivity contribution in [2.45, 2.75) is 66.0 Å². The number of amides is 1. The molecule has 1 fully saturated rings. The van der Waals surface area contributed by atoms with E-state index in [1.54, 1.807) is 4.90 Å². The smallest absolute Gasteiger partial charge is 0.409 e. The van der Waals surface area contributed by atoms with Crippen molar-refractivity contribution in [2.24, 2.45) is 12.0 Å². The van der Waals surface area contributed by atoms with E-state index in [0.717, 1.165) is 43.9 Å². The molecule has 9 heteroatoms. The van der Waals surface area contributed by atoms with Gasteiger partial charge < -0.3 is 20.3 Å². The Labute approximate surface area is 191 Å². The van der Waals surface area contributed by atoms with Gasteiger partial charge in [0, 0.05) is 44.0 Å². The zero-order chi connectivity index (χ0) is 20.5. The summed E-state index contributed by atoms with van der Waals surface area (Å²) in [6, 6.07) is 0.300. The fraction of sp³-hybridized carbons (Fsp3) is 0.750. The van der Waals surface area contributed by atoms with Crippen molar-refractivity contribution in [1.82, 2.24) is 25.3 Å². The number of aromatic nitrogens is 2. The van der Waals surface area contributed by atoms with E-state index in [1.165, 1.54) is 11.3 Å². The van der Waals surface area contributed by atoms with Crippen molar-refractivity contribution >= 4 is 36.0 Å². The summed E-state index contributed by atoms with van der Waals surface area (Å²) in [5.41, 5.74) is 3.61. The number of piperidine rings is 1. The van der Waals surface area contributed by atoms with E-state index >= 15 is 0 Å². The van der Waals surface area contributed by atoms with E-state index in [1.807, 2.05) is 18.7 Å². The maximum absolute atomic E-state index is 11.9. The zero-order valence-electron chi connectivity index (χ0n) is 18.5. The second-order valence-corrected chi connectivity index (χ2v) is 7.00. The van der Waals surface area contributed by atoms with Gasteiger partial charge in [0.25, 0.3) is 0 Å². The highest BCUT2D eigenvalue weighted by atomic mass is 127. The van der Waals surface area contributed by atoms with Gasteiger partial charge in [0.2, 0.25) is 0 Å². The largest absolute Gasteiger partial charge is 0.450 e. The number of ether oxygens (including phenoxy) is 1. The summed E-state index contributed by atoms with van der Waals surface area (Å²) in [6.45, 7) is 11.5. The summed E-state index contributed by atoms with van der Waals surface area (Å²) in [5.74, 6) is 0.824. The van der Waals surface area contributed by atoms with E-state index in [4.69, 9.17) is 9.73 Å². The number of hydrogen-bond donors (Lipinski definition) is 2. The lowest BCUT2D eigenvalue weighted by Gasteiger charge is -2.32. The first-order chi connectivity index (χ1) is 13.5. The third-order valence-electron chi connectivity index (χ3n) is 5.13. The standard InChI is InChI=1S/C20H36N6O2.HI/c1-6-17-16(18(7-2)25(5)24-17)14-22-19(21-8-3)23-15-10-12-26(13-11-15)20(27)28-9-4;/h15H,6-14H2,1-5H3,(H2,21,22,23);1H.